The Hall–Kier alpha value is -2.13. The minimum Gasteiger partial charge on any atom is -0.444 e. The third kappa shape index (κ3) is 5.43. The Bertz CT molecular complexity index is 837. The summed E-state index contributed by atoms with van der Waals surface area (Å²) in [7, 11) is 0. The van der Waals surface area contributed by atoms with Gasteiger partial charge in [-0.25, -0.2) is 9.78 Å². The first-order chi connectivity index (χ1) is 12.7. The van der Waals surface area contributed by atoms with E-state index in [1.54, 1.807) is 11.1 Å². The monoisotopic (exact) mass is 437 g/mol. The van der Waals surface area contributed by atoms with Crippen molar-refractivity contribution >= 4 is 39.4 Å². The van der Waals surface area contributed by atoms with Gasteiger partial charge < -0.3 is 19.4 Å². The Morgan fingerprint density at radius 3 is 2.56 bits per heavy atom. The number of aromatic nitrogens is 2. The first-order valence-electron chi connectivity index (χ1n) is 8.84. The summed E-state index contributed by atoms with van der Waals surface area (Å²) in [5.74, 6) is 0.397. The van der Waals surface area contributed by atoms with Gasteiger partial charge in [-0.2, -0.15) is 0 Å². The molecular weight excluding hydrogens is 414 g/mol. The minimum atomic E-state index is -0.502. The average molecular weight is 438 g/mol. The minimum absolute atomic E-state index is 0.122. The zero-order valence-corrected chi connectivity index (χ0v) is 17.3. The maximum atomic E-state index is 12.3. The van der Waals surface area contributed by atoms with Crippen molar-refractivity contribution in [2.45, 2.75) is 26.4 Å². The molecule has 1 aliphatic rings. The number of nitrogens with zero attached hydrogens (tertiary/aromatic N) is 4. The van der Waals surface area contributed by atoms with Crippen molar-refractivity contribution in [1.82, 2.24) is 19.2 Å². The van der Waals surface area contributed by atoms with Gasteiger partial charge in [0.2, 0.25) is 5.91 Å². The van der Waals surface area contributed by atoms with E-state index >= 15 is 0 Å². The number of carbonyl (C=O) groups excluding carboxylic acids is 2. The summed E-state index contributed by atoms with van der Waals surface area (Å²) >= 11 is 3.41. The van der Waals surface area contributed by atoms with E-state index in [0.717, 1.165) is 10.1 Å². The molecule has 0 unspecified atom stereocenters. The average Bonchev–Trinajstić information content (AvgIpc) is 2.94. The van der Waals surface area contributed by atoms with E-state index in [4.69, 9.17) is 4.74 Å². The maximum Gasteiger partial charge on any atom is 0.410 e. The third-order valence-electron chi connectivity index (χ3n) is 4.07. The van der Waals surface area contributed by atoms with Crippen LogP contribution in [-0.2, 0) is 9.53 Å². The highest BCUT2D eigenvalue weighted by molar-refractivity contribution is 9.10. The Labute approximate surface area is 166 Å². The topological polar surface area (TPSA) is 79.2 Å². The molecule has 27 heavy (non-hydrogen) atoms. The van der Waals surface area contributed by atoms with Crippen LogP contribution < -0.4 is 5.32 Å². The molecule has 1 fully saturated rings. The molecule has 0 bridgehead atoms. The largest absolute Gasteiger partial charge is 0.444 e. The van der Waals surface area contributed by atoms with Crippen LogP contribution in [0.4, 0.5) is 10.6 Å². The van der Waals surface area contributed by atoms with Gasteiger partial charge in [0.05, 0.1) is 12.7 Å². The first kappa shape index (κ1) is 19.6. The van der Waals surface area contributed by atoms with Crippen LogP contribution in [0.3, 0.4) is 0 Å². The van der Waals surface area contributed by atoms with Gasteiger partial charge in [-0.3, -0.25) is 9.69 Å². The van der Waals surface area contributed by atoms with Crippen molar-refractivity contribution in [2.75, 3.05) is 38.0 Å². The zero-order valence-electron chi connectivity index (χ0n) is 15.7. The van der Waals surface area contributed by atoms with E-state index in [1.165, 1.54) is 0 Å². The predicted molar refractivity (Wildman–Crippen MR) is 106 cm³/mol. The van der Waals surface area contributed by atoms with Crippen LogP contribution >= 0.6 is 15.9 Å². The number of anilines is 1. The molecule has 2 amide bonds. The summed E-state index contributed by atoms with van der Waals surface area (Å²) in [4.78, 5) is 32.5. The number of imidazole rings is 1. The van der Waals surface area contributed by atoms with Crippen LogP contribution in [0.2, 0.25) is 0 Å². The Kier molecular flexibility index (Phi) is 5.71. The van der Waals surface area contributed by atoms with Gasteiger partial charge in [0.1, 0.15) is 11.2 Å². The highest BCUT2D eigenvalue weighted by atomic mass is 79.9. The number of hydrogen-bond donors (Lipinski definition) is 1. The Morgan fingerprint density at radius 2 is 1.89 bits per heavy atom. The summed E-state index contributed by atoms with van der Waals surface area (Å²) < 4.78 is 8.17. The zero-order chi connectivity index (χ0) is 19.6. The molecule has 2 aromatic rings. The van der Waals surface area contributed by atoms with Crippen LogP contribution in [0.25, 0.3) is 5.65 Å². The standard InChI is InChI=1S/C18H24BrN5O3/c1-18(2,3)27-17(26)23-8-6-22(7-9-23)12-16(25)21-14-11-24-10-13(19)4-5-15(24)20-14/h4-5,10-11H,6-9,12H2,1-3H3,(H,21,25). The second kappa shape index (κ2) is 7.85. The van der Waals surface area contributed by atoms with Crippen molar-refractivity contribution in [2.24, 2.45) is 0 Å². The SMILES string of the molecule is CC(C)(C)OC(=O)N1CCN(CC(=O)Nc2cn3cc(Br)ccc3n2)CC1. The van der Waals surface area contributed by atoms with Gasteiger partial charge in [-0.05, 0) is 48.8 Å². The van der Waals surface area contributed by atoms with E-state index in [1.807, 2.05) is 48.4 Å². The fourth-order valence-electron chi connectivity index (χ4n) is 2.83. The van der Waals surface area contributed by atoms with Crippen LogP contribution in [0.5, 0.6) is 0 Å². The number of nitrogens with one attached hydrogen (secondary N) is 1. The van der Waals surface area contributed by atoms with Crippen molar-refractivity contribution in [3.63, 3.8) is 0 Å². The molecule has 0 spiro atoms. The number of rotatable bonds is 3. The van der Waals surface area contributed by atoms with Crippen LogP contribution in [0.15, 0.2) is 29.0 Å². The summed E-state index contributed by atoms with van der Waals surface area (Å²) in [6, 6.07) is 3.77. The number of amides is 2. The van der Waals surface area contributed by atoms with Crippen LogP contribution in [0, 0.1) is 0 Å². The molecule has 0 saturated carbocycles. The molecule has 1 N–H and O–H groups in total. The first-order valence-corrected chi connectivity index (χ1v) is 9.63. The van der Waals surface area contributed by atoms with Gasteiger partial charge in [-0.15, -0.1) is 0 Å². The van der Waals surface area contributed by atoms with E-state index in [9.17, 15) is 9.59 Å². The van der Waals surface area contributed by atoms with Gasteiger partial charge in [-0.1, -0.05) is 0 Å². The quantitative estimate of drug-likeness (QED) is 0.797. The molecule has 9 heteroatoms. The second-order valence-corrected chi connectivity index (χ2v) is 8.45. The molecule has 3 heterocycles. The molecule has 2 aromatic heterocycles. The molecule has 0 atom stereocenters. The van der Waals surface area contributed by atoms with Gasteiger partial charge >= 0.3 is 6.09 Å². The molecular formula is C18H24BrN5O3. The van der Waals surface area contributed by atoms with E-state index < -0.39 is 5.60 Å². The van der Waals surface area contributed by atoms with E-state index in [-0.39, 0.29) is 18.5 Å². The Balaban J connectivity index is 1.48. The van der Waals surface area contributed by atoms with Crippen LogP contribution in [-0.4, -0.2) is 69.5 Å². The number of pyridine rings is 1. The molecule has 1 aliphatic heterocycles. The summed E-state index contributed by atoms with van der Waals surface area (Å²) in [5.41, 5.74) is 0.261. The highest BCUT2D eigenvalue weighted by Gasteiger charge is 2.26. The second-order valence-electron chi connectivity index (χ2n) is 7.53. The molecule has 0 aromatic carbocycles. The fraction of sp³-hybridized carbons (Fsp3) is 0.500. The van der Waals surface area contributed by atoms with Gasteiger partial charge in [0.25, 0.3) is 0 Å². The van der Waals surface area contributed by atoms with Crippen molar-refractivity contribution in [3.8, 4) is 0 Å². The number of hydrogen-bond acceptors (Lipinski definition) is 5. The lowest BCUT2D eigenvalue weighted by atomic mass is 10.2. The lowest BCUT2D eigenvalue weighted by molar-refractivity contribution is -0.117. The molecule has 0 aliphatic carbocycles. The molecule has 1 saturated heterocycles. The number of halogens is 1. The van der Waals surface area contributed by atoms with Crippen molar-refractivity contribution < 1.29 is 14.3 Å². The number of fused-ring (bicyclic) bond motifs is 1. The van der Waals surface area contributed by atoms with E-state index in [2.05, 4.69) is 26.2 Å². The number of carbonyl (C=O) groups is 2. The van der Waals surface area contributed by atoms with Crippen molar-refractivity contribution in [1.29, 1.82) is 0 Å². The summed E-state index contributed by atoms with van der Waals surface area (Å²) in [5, 5.41) is 2.83. The fourth-order valence-corrected chi connectivity index (χ4v) is 3.18. The normalized spacial score (nSPS) is 15.8. The van der Waals surface area contributed by atoms with Gasteiger partial charge in [0.15, 0.2) is 5.82 Å². The lowest BCUT2D eigenvalue weighted by Crippen LogP contribution is -2.51. The predicted octanol–water partition coefficient (Wildman–Crippen LogP) is 2.59. The third-order valence-corrected chi connectivity index (χ3v) is 4.54. The lowest BCUT2D eigenvalue weighted by Gasteiger charge is -2.35. The van der Waals surface area contributed by atoms with Crippen molar-refractivity contribution in [3.05, 3.63) is 29.0 Å². The maximum absolute atomic E-state index is 12.3. The molecule has 146 valence electrons. The Morgan fingerprint density at radius 1 is 1.19 bits per heavy atom. The number of piperazine rings is 1. The number of ether oxygens (including phenoxy) is 1. The molecule has 0 radical (unpaired) electrons. The molecule has 3 rings (SSSR count). The van der Waals surface area contributed by atoms with Gasteiger partial charge in [0, 0.05) is 36.8 Å². The molecule has 8 nitrogen and oxygen atoms in total. The summed E-state index contributed by atoms with van der Waals surface area (Å²) in [6.45, 7) is 8.17. The van der Waals surface area contributed by atoms with E-state index in [0.29, 0.717) is 32.0 Å². The smallest absolute Gasteiger partial charge is 0.410 e. The summed E-state index contributed by atoms with van der Waals surface area (Å²) in [6.07, 6.45) is 3.36. The van der Waals surface area contributed by atoms with Crippen LogP contribution in [0.1, 0.15) is 20.8 Å². The highest BCUT2D eigenvalue weighted by Crippen LogP contribution is 2.15.